The van der Waals surface area contributed by atoms with Crippen molar-refractivity contribution in [3.8, 4) is 11.5 Å². The molecular weight excluding hydrogens is 339 g/mol. The standard InChI is InChI=1S/C13H15BrF3NO2/c1-19-10-5-8(9(14)6-11(10)20-2)7-18-12(3-4-12)13(15,16)17/h5-6,18H,3-4,7H2,1-2H3. The van der Waals surface area contributed by atoms with Gasteiger partial charge >= 0.3 is 6.18 Å². The Morgan fingerprint density at radius 2 is 1.75 bits per heavy atom. The maximum atomic E-state index is 12.8. The Labute approximate surface area is 123 Å². The van der Waals surface area contributed by atoms with Crippen LogP contribution < -0.4 is 14.8 Å². The predicted octanol–water partition coefficient (Wildman–Crippen LogP) is 3.65. The van der Waals surface area contributed by atoms with Crippen LogP contribution in [0.25, 0.3) is 0 Å². The summed E-state index contributed by atoms with van der Waals surface area (Å²) in [5.74, 6) is 1.02. The Morgan fingerprint density at radius 3 is 2.20 bits per heavy atom. The number of alkyl halides is 3. The van der Waals surface area contributed by atoms with Crippen molar-refractivity contribution in [3.63, 3.8) is 0 Å². The molecule has 0 saturated heterocycles. The second-order valence-electron chi connectivity index (χ2n) is 4.73. The molecule has 0 heterocycles. The van der Waals surface area contributed by atoms with Crippen LogP contribution in [0.5, 0.6) is 11.5 Å². The second kappa shape index (κ2) is 5.44. The smallest absolute Gasteiger partial charge is 0.406 e. The van der Waals surface area contributed by atoms with Crippen LogP contribution >= 0.6 is 15.9 Å². The number of rotatable bonds is 5. The van der Waals surface area contributed by atoms with Gasteiger partial charge in [0.05, 0.1) is 14.2 Å². The zero-order valence-corrected chi connectivity index (χ0v) is 12.7. The molecule has 1 aromatic carbocycles. The molecular formula is C13H15BrF3NO2. The fraction of sp³-hybridized carbons (Fsp3) is 0.538. The van der Waals surface area contributed by atoms with Gasteiger partial charge in [-0.05, 0) is 30.5 Å². The molecule has 0 aromatic heterocycles. The van der Waals surface area contributed by atoms with Crippen LogP contribution in [0.2, 0.25) is 0 Å². The van der Waals surface area contributed by atoms with Crippen LogP contribution in [-0.4, -0.2) is 25.9 Å². The molecule has 1 saturated carbocycles. The Balaban J connectivity index is 2.14. The second-order valence-corrected chi connectivity index (χ2v) is 5.59. The topological polar surface area (TPSA) is 30.5 Å². The van der Waals surface area contributed by atoms with Gasteiger partial charge in [0.2, 0.25) is 0 Å². The molecule has 112 valence electrons. The first-order chi connectivity index (χ1) is 9.33. The van der Waals surface area contributed by atoms with E-state index in [0.717, 1.165) is 0 Å². The Morgan fingerprint density at radius 1 is 1.20 bits per heavy atom. The molecule has 0 bridgehead atoms. The maximum Gasteiger partial charge on any atom is 0.406 e. The minimum absolute atomic E-state index is 0.112. The molecule has 20 heavy (non-hydrogen) atoms. The average molecular weight is 354 g/mol. The van der Waals surface area contributed by atoms with E-state index in [2.05, 4.69) is 21.2 Å². The molecule has 0 atom stereocenters. The fourth-order valence-electron chi connectivity index (χ4n) is 1.98. The van der Waals surface area contributed by atoms with Gasteiger partial charge in [0.1, 0.15) is 5.54 Å². The van der Waals surface area contributed by atoms with Crippen molar-refractivity contribution in [2.24, 2.45) is 0 Å². The molecule has 0 radical (unpaired) electrons. The summed E-state index contributed by atoms with van der Waals surface area (Å²) in [6.07, 6.45) is -3.96. The largest absolute Gasteiger partial charge is 0.493 e. The SMILES string of the molecule is COc1cc(Br)c(CNC2(C(F)(F)F)CC2)cc1OC. The van der Waals surface area contributed by atoms with E-state index in [0.29, 0.717) is 21.5 Å². The first-order valence-corrected chi connectivity index (χ1v) is 6.84. The fourth-order valence-corrected chi connectivity index (χ4v) is 2.44. The van der Waals surface area contributed by atoms with E-state index in [9.17, 15) is 13.2 Å². The zero-order valence-electron chi connectivity index (χ0n) is 11.1. The molecule has 0 amide bonds. The van der Waals surface area contributed by atoms with Crippen LogP contribution in [0.1, 0.15) is 18.4 Å². The highest BCUT2D eigenvalue weighted by atomic mass is 79.9. The van der Waals surface area contributed by atoms with E-state index in [-0.39, 0.29) is 19.4 Å². The number of hydrogen-bond acceptors (Lipinski definition) is 3. The summed E-state index contributed by atoms with van der Waals surface area (Å²) in [6.45, 7) is 0.112. The molecule has 7 heteroatoms. The molecule has 3 nitrogen and oxygen atoms in total. The summed E-state index contributed by atoms with van der Waals surface area (Å²) in [5, 5.41) is 2.60. The highest BCUT2D eigenvalue weighted by Gasteiger charge is 2.62. The predicted molar refractivity (Wildman–Crippen MR) is 72.1 cm³/mol. The van der Waals surface area contributed by atoms with Gasteiger partial charge in [-0.25, -0.2) is 0 Å². The Hall–Kier alpha value is -0.950. The van der Waals surface area contributed by atoms with E-state index in [1.54, 1.807) is 12.1 Å². The number of ether oxygens (including phenoxy) is 2. The molecule has 1 fully saturated rings. The van der Waals surface area contributed by atoms with Crippen LogP contribution in [0.15, 0.2) is 16.6 Å². The van der Waals surface area contributed by atoms with Crippen molar-refractivity contribution in [2.45, 2.75) is 31.1 Å². The first-order valence-electron chi connectivity index (χ1n) is 6.05. The number of benzene rings is 1. The summed E-state index contributed by atoms with van der Waals surface area (Å²) in [5.41, 5.74) is -1.03. The number of halogens is 4. The molecule has 0 spiro atoms. The van der Waals surface area contributed by atoms with E-state index in [1.165, 1.54) is 14.2 Å². The van der Waals surface area contributed by atoms with Gasteiger partial charge in [-0.1, -0.05) is 15.9 Å². The summed E-state index contributed by atoms with van der Waals surface area (Å²) in [6, 6.07) is 3.35. The van der Waals surface area contributed by atoms with Crippen molar-refractivity contribution < 1.29 is 22.6 Å². The zero-order chi connectivity index (χ0) is 15.0. The van der Waals surface area contributed by atoms with Gasteiger partial charge in [-0.3, -0.25) is 5.32 Å². The van der Waals surface area contributed by atoms with Crippen LogP contribution in [0, 0.1) is 0 Å². The van der Waals surface area contributed by atoms with E-state index < -0.39 is 11.7 Å². The highest BCUT2D eigenvalue weighted by molar-refractivity contribution is 9.10. The lowest BCUT2D eigenvalue weighted by molar-refractivity contribution is -0.166. The first kappa shape index (κ1) is 15.4. The quantitative estimate of drug-likeness (QED) is 0.876. The summed E-state index contributed by atoms with van der Waals surface area (Å²) in [4.78, 5) is 0. The van der Waals surface area contributed by atoms with Gasteiger partial charge in [0, 0.05) is 11.0 Å². The highest BCUT2D eigenvalue weighted by Crippen LogP contribution is 2.49. The Bertz CT molecular complexity index is 501. The lowest BCUT2D eigenvalue weighted by atomic mass is 10.1. The molecule has 1 aromatic rings. The lowest BCUT2D eigenvalue weighted by Crippen LogP contribution is -2.44. The minimum atomic E-state index is -4.21. The Kier molecular flexibility index (Phi) is 4.20. The average Bonchev–Trinajstić information content (AvgIpc) is 3.17. The number of hydrogen-bond donors (Lipinski definition) is 1. The lowest BCUT2D eigenvalue weighted by Gasteiger charge is -2.21. The molecule has 0 aliphatic heterocycles. The van der Waals surface area contributed by atoms with Gasteiger partial charge in [0.15, 0.2) is 11.5 Å². The summed E-state index contributed by atoms with van der Waals surface area (Å²) in [7, 11) is 2.99. The van der Waals surface area contributed by atoms with Crippen molar-refractivity contribution >= 4 is 15.9 Å². The molecule has 2 rings (SSSR count). The third-order valence-electron chi connectivity index (χ3n) is 3.46. The maximum absolute atomic E-state index is 12.8. The summed E-state index contributed by atoms with van der Waals surface area (Å²) >= 11 is 3.33. The van der Waals surface area contributed by atoms with Crippen molar-refractivity contribution in [1.29, 1.82) is 0 Å². The molecule has 1 aliphatic rings. The van der Waals surface area contributed by atoms with Gasteiger partial charge in [0.25, 0.3) is 0 Å². The molecule has 0 unspecified atom stereocenters. The number of methoxy groups -OCH3 is 2. The van der Waals surface area contributed by atoms with E-state index >= 15 is 0 Å². The van der Waals surface area contributed by atoms with Crippen molar-refractivity contribution in [3.05, 3.63) is 22.2 Å². The van der Waals surface area contributed by atoms with E-state index in [4.69, 9.17) is 9.47 Å². The molecule has 1 aliphatic carbocycles. The van der Waals surface area contributed by atoms with Crippen LogP contribution in [0.4, 0.5) is 13.2 Å². The third kappa shape index (κ3) is 2.88. The minimum Gasteiger partial charge on any atom is -0.493 e. The van der Waals surface area contributed by atoms with Crippen LogP contribution in [0.3, 0.4) is 0 Å². The van der Waals surface area contributed by atoms with Crippen molar-refractivity contribution in [1.82, 2.24) is 5.32 Å². The van der Waals surface area contributed by atoms with Crippen LogP contribution in [-0.2, 0) is 6.54 Å². The number of nitrogens with one attached hydrogen (secondary N) is 1. The third-order valence-corrected chi connectivity index (χ3v) is 4.20. The normalized spacial score (nSPS) is 16.9. The van der Waals surface area contributed by atoms with Gasteiger partial charge < -0.3 is 9.47 Å². The van der Waals surface area contributed by atoms with Gasteiger partial charge in [-0.2, -0.15) is 13.2 Å². The van der Waals surface area contributed by atoms with Gasteiger partial charge in [-0.15, -0.1) is 0 Å². The monoisotopic (exact) mass is 353 g/mol. The molecule has 1 N–H and O–H groups in total. The summed E-state index contributed by atoms with van der Waals surface area (Å²) < 4.78 is 49.5. The van der Waals surface area contributed by atoms with Crippen molar-refractivity contribution in [2.75, 3.05) is 14.2 Å². The van der Waals surface area contributed by atoms with E-state index in [1.807, 2.05) is 0 Å².